The van der Waals surface area contributed by atoms with Gasteiger partial charge in [-0.25, -0.2) is 4.98 Å². The molecule has 0 bridgehead atoms. The van der Waals surface area contributed by atoms with Crippen molar-refractivity contribution in [3.05, 3.63) is 80.7 Å². The third-order valence-corrected chi connectivity index (χ3v) is 4.57. The Kier molecular flexibility index (Phi) is 4.41. The van der Waals surface area contributed by atoms with E-state index in [9.17, 15) is 4.79 Å². The number of nitrogens with one attached hydrogen (secondary N) is 2. The van der Waals surface area contributed by atoms with E-state index >= 15 is 0 Å². The molecule has 2 aromatic carbocycles. The van der Waals surface area contributed by atoms with Crippen LogP contribution in [-0.4, -0.2) is 19.6 Å². The molecule has 4 aromatic rings. The predicted octanol–water partition coefficient (Wildman–Crippen LogP) is 3.97. The second-order valence-electron chi connectivity index (χ2n) is 6.48. The van der Waals surface area contributed by atoms with Crippen LogP contribution < -0.4 is 10.9 Å². The van der Waals surface area contributed by atoms with Crippen molar-refractivity contribution >= 4 is 23.1 Å². The van der Waals surface area contributed by atoms with Crippen LogP contribution in [0.3, 0.4) is 0 Å². The highest BCUT2D eigenvalue weighted by molar-refractivity contribution is 6.30. The zero-order valence-electron chi connectivity index (χ0n) is 15.0. The number of aryl methyl sites for hydroxylation is 2. The first-order valence-electron chi connectivity index (χ1n) is 8.55. The van der Waals surface area contributed by atoms with E-state index in [4.69, 9.17) is 11.6 Å². The average Bonchev–Trinajstić information content (AvgIpc) is 3.07. The van der Waals surface area contributed by atoms with E-state index in [1.54, 1.807) is 0 Å². The lowest BCUT2D eigenvalue weighted by molar-refractivity contribution is 0.878. The lowest BCUT2D eigenvalue weighted by Gasteiger charge is -2.09. The van der Waals surface area contributed by atoms with Gasteiger partial charge in [0.25, 0.3) is 11.3 Å². The van der Waals surface area contributed by atoms with Gasteiger partial charge in [-0.2, -0.15) is 9.50 Å². The highest BCUT2D eigenvalue weighted by Crippen LogP contribution is 2.21. The summed E-state index contributed by atoms with van der Waals surface area (Å²) in [6.07, 6.45) is 0. The molecule has 0 aliphatic rings. The monoisotopic (exact) mass is 379 g/mol. The van der Waals surface area contributed by atoms with Gasteiger partial charge in [-0.3, -0.25) is 9.89 Å². The maximum atomic E-state index is 12.4. The fraction of sp³-hybridized carbons (Fsp3) is 0.150. The van der Waals surface area contributed by atoms with Crippen molar-refractivity contribution in [3.63, 3.8) is 0 Å². The minimum absolute atomic E-state index is 0.203. The van der Waals surface area contributed by atoms with Crippen molar-refractivity contribution in [2.75, 3.05) is 5.32 Å². The number of anilines is 1. The van der Waals surface area contributed by atoms with Gasteiger partial charge in [0.05, 0.1) is 12.2 Å². The first-order valence-corrected chi connectivity index (χ1v) is 8.93. The Labute approximate surface area is 160 Å². The number of halogens is 1. The summed E-state index contributed by atoms with van der Waals surface area (Å²) in [5, 5.41) is 6.95. The van der Waals surface area contributed by atoms with Crippen LogP contribution in [0.5, 0.6) is 0 Å². The van der Waals surface area contributed by atoms with Crippen molar-refractivity contribution in [1.29, 1.82) is 0 Å². The lowest BCUT2D eigenvalue weighted by atomic mass is 10.1. The standard InChI is InChI=1S/C20H18ClN5O/c1-12-4-3-5-14(8-12)19-24-20-23-16(10-18(27)26(20)25-19)11-22-17-9-15(21)7-6-13(17)2/h3-10,22H,11H2,1-2H3,(H,23,24,25). The fourth-order valence-electron chi connectivity index (χ4n) is 2.91. The minimum Gasteiger partial charge on any atom is -0.379 e. The Morgan fingerprint density at radius 1 is 1.11 bits per heavy atom. The largest absolute Gasteiger partial charge is 0.379 e. The van der Waals surface area contributed by atoms with Gasteiger partial charge in [0, 0.05) is 22.3 Å². The Bertz CT molecular complexity index is 1190. The maximum absolute atomic E-state index is 12.4. The summed E-state index contributed by atoms with van der Waals surface area (Å²) in [6, 6.07) is 15.1. The molecular weight excluding hydrogens is 362 g/mol. The van der Waals surface area contributed by atoms with Crippen molar-refractivity contribution in [3.8, 4) is 11.4 Å². The number of aromatic nitrogens is 4. The lowest BCUT2D eigenvalue weighted by Crippen LogP contribution is -2.17. The average molecular weight is 380 g/mol. The van der Waals surface area contributed by atoms with Crippen LogP contribution in [0.15, 0.2) is 53.3 Å². The highest BCUT2D eigenvalue weighted by Gasteiger charge is 2.10. The summed E-state index contributed by atoms with van der Waals surface area (Å²) in [4.78, 5) is 21.4. The molecule has 2 aromatic heterocycles. The molecule has 0 aliphatic heterocycles. The number of H-pyrrole nitrogens is 1. The third-order valence-electron chi connectivity index (χ3n) is 4.33. The molecule has 0 saturated heterocycles. The van der Waals surface area contributed by atoms with E-state index < -0.39 is 0 Å². The summed E-state index contributed by atoms with van der Waals surface area (Å²) in [5.41, 5.74) is 4.42. The highest BCUT2D eigenvalue weighted by atomic mass is 35.5. The SMILES string of the molecule is Cc1cccc(-c2nc3nc(CNc4cc(Cl)ccc4C)cc(=O)n3[nH]2)c1. The molecule has 0 saturated carbocycles. The van der Waals surface area contributed by atoms with Gasteiger partial charge in [-0.15, -0.1) is 0 Å². The van der Waals surface area contributed by atoms with Gasteiger partial charge < -0.3 is 5.32 Å². The summed E-state index contributed by atoms with van der Waals surface area (Å²) in [6.45, 7) is 4.41. The summed E-state index contributed by atoms with van der Waals surface area (Å²) < 4.78 is 1.35. The zero-order valence-corrected chi connectivity index (χ0v) is 15.7. The molecule has 6 nitrogen and oxygen atoms in total. The molecule has 0 radical (unpaired) electrons. The van der Waals surface area contributed by atoms with E-state index in [2.05, 4.69) is 20.4 Å². The van der Waals surface area contributed by atoms with Crippen molar-refractivity contribution in [2.45, 2.75) is 20.4 Å². The smallest absolute Gasteiger partial charge is 0.274 e. The van der Waals surface area contributed by atoms with Crippen LogP contribution in [0.1, 0.15) is 16.8 Å². The van der Waals surface area contributed by atoms with Crippen LogP contribution in [0.4, 0.5) is 5.69 Å². The molecule has 7 heteroatoms. The maximum Gasteiger partial charge on any atom is 0.274 e. The number of hydrogen-bond acceptors (Lipinski definition) is 4. The zero-order chi connectivity index (χ0) is 19.0. The molecule has 0 aliphatic carbocycles. The Balaban J connectivity index is 1.65. The van der Waals surface area contributed by atoms with Gasteiger partial charge in [0.15, 0.2) is 5.82 Å². The molecule has 2 heterocycles. The summed E-state index contributed by atoms with van der Waals surface area (Å²) in [5.74, 6) is 0.956. The normalized spacial score (nSPS) is 11.1. The summed E-state index contributed by atoms with van der Waals surface area (Å²) in [7, 11) is 0. The topological polar surface area (TPSA) is 75.1 Å². The van der Waals surface area contributed by atoms with Gasteiger partial charge in [0.2, 0.25) is 0 Å². The number of fused-ring (bicyclic) bond motifs is 1. The molecule has 4 rings (SSSR count). The van der Waals surface area contributed by atoms with Crippen molar-refractivity contribution in [2.24, 2.45) is 0 Å². The second kappa shape index (κ2) is 6.89. The van der Waals surface area contributed by atoms with Crippen LogP contribution in [0, 0.1) is 13.8 Å². The number of rotatable bonds is 4. The molecule has 0 atom stereocenters. The molecule has 27 heavy (non-hydrogen) atoms. The van der Waals surface area contributed by atoms with Crippen molar-refractivity contribution < 1.29 is 0 Å². The Hall–Kier alpha value is -3.12. The molecule has 0 amide bonds. The molecule has 0 fully saturated rings. The number of hydrogen-bond donors (Lipinski definition) is 2. The van der Waals surface area contributed by atoms with Crippen LogP contribution in [0.25, 0.3) is 17.2 Å². The molecule has 2 N–H and O–H groups in total. The van der Waals surface area contributed by atoms with E-state index in [1.807, 2.05) is 56.3 Å². The first kappa shape index (κ1) is 17.3. The Morgan fingerprint density at radius 3 is 2.78 bits per heavy atom. The predicted molar refractivity (Wildman–Crippen MR) is 107 cm³/mol. The molecule has 136 valence electrons. The van der Waals surface area contributed by atoms with E-state index in [0.29, 0.717) is 28.9 Å². The molecule has 0 spiro atoms. The number of nitrogens with zero attached hydrogens (tertiary/aromatic N) is 3. The third kappa shape index (κ3) is 3.57. The Morgan fingerprint density at radius 2 is 1.96 bits per heavy atom. The van der Waals surface area contributed by atoms with Crippen LogP contribution >= 0.6 is 11.6 Å². The van der Waals surface area contributed by atoms with E-state index in [1.165, 1.54) is 10.6 Å². The van der Waals surface area contributed by atoms with Gasteiger partial charge in [0.1, 0.15) is 0 Å². The molecular formula is C20H18ClN5O. The van der Waals surface area contributed by atoms with Crippen molar-refractivity contribution in [1.82, 2.24) is 19.6 Å². The quantitative estimate of drug-likeness (QED) is 0.562. The van der Waals surface area contributed by atoms with Crippen LogP contribution in [-0.2, 0) is 6.54 Å². The second-order valence-corrected chi connectivity index (χ2v) is 6.91. The number of aromatic amines is 1. The number of benzene rings is 2. The van der Waals surface area contributed by atoms with Gasteiger partial charge in [-0.05, 0) is 37.6 Å². The fourth-order valence-corrected chi connectivity index (χ4v) is 3.08. The van der Waals surface area contributed by atoms with E-state index in [-0.39, 0.29) is 5.56 Å². The van der Waals surface area contributed by atoms with Gasteiger partial charge >= 0.3 is 0 Å². The first-order chi connectivity index (χ1) is 13.0. The van der Waals surface area contributed by atoms with Gasteiger partial charge in [-0.1, -0.05) is 41.4 Å². The minimum atomic E-state index is -0.203. The van der Waals surface area contributed by atoms with E-state index in [0.717, 1.165) is 22.4 Å². The summed E-state index contributed by atoms with van der Waals surface area (Å²) >= 11 is 6.05. The van der Waals surface area contributed by atoms with Crippen LogP contribution in [0.2, 0.25) is 5.02 Å². The molecule has 0 unspecified atom stereocenters.